The van der Waals surface area contributed by atoms with E-state index in [4.69, 9.17) is 4.74 Å². The number of aromatic nitrogens is 3. The molecule has 0 amide bonds. The molecular weight excluding hydrogens is 304 g/mol. The summed E-state index contributed by atoms with van der Waals surface area (Å²) in [6, 6.07) is 4.06. The number of rotatable bonds is 5. The van der Waals surface area contributed by atoms with Crippen LogP contribution in [0.15, 0.2) is 42.0 Å². The number of methoxy groups -OCH3 is 1. The van der Waals surface area contributed by atoms with Gasteiger partial charge in [-0.1, -0.05) is 6.07 Å². The van der Waals surface area contributed by atoms with Gasteiger partial charge >= 0.3 is 0 Å². The number of hydrogen-bond acceptors (Lipinski definition) is 4. The van der Waals surface area contributed by atoms with Crippen molar-refractivity contribution in [1.29, 1.82) is 0 Å². The molecule has 1 N–H and O–H groups in total. The van der Waals surface area contributed by atoms with Gasteiger partial charge in [0.1, 0.15) is 12.1 Å². The minimum Gasteiger partial charge on any atom is -0.384 e. The minimum absolute atomic E-state index is 0.588. The second-order valence-corrected chi connectivity index (χ2v) is 5.95. The van der Waals surface area contributed by atoms with E-state index in [0.29, 0.717) is 12.5 Å². The lowest BCUT2D eigenvalue weighted by atomic mass is 10.1. The molecule has 1 aliphatic heterocycles. The molecule has 1 atom stereocenters. The lowest BCUT2D eigenvalue weighted by molar-refractivity contribution is 0.157. The Kier molecular flexibility index (Phi) is 5.43. The van der Waals surface area contributed by atoms with Crippen LogP contribution in [0.1, 0.15) is 12.0 Å². The molecule has 3 heterocycles. The van der Waals surface area contributed by atoms with Gasteiger partial charge in [-0.2, -0.15) is 0 Å². The number of ether oxygens (including phenoxy) is 1. The van der Waals surface area contributed by atoms with Crippen LogP contribution in [0, 0.1) is 5.92 Å². The summed E-state index contributed by atoms with van der Waals surface area (Å²) in [7, 11) is 3.59. The van der Waals surface area contributed by atoms with Gasteiger partial charge in [0.15, 0.2) is 5.96 Å². The molecule has 1 saturated heterocycles. The van der Waals surface area contributed by atoms with E-state index < -0.39 is 0 Å². The van der Waals surface area contributed by atoms with Crippen molar-refractivity contribution in [3.63, 3.8) is 0 Å². The molecular formula is C17H24N6O. The van der Waals surface area contributed by atoms with Crippen molar-refractivity contribution in [1.82, 2.24) is 24.8 Å². The second kappa shape index (κ2) is 7.92. The Morgan fingerprint density at radius 2 is 2.38 bits per heavy atom. The maximum Gasteiger partial charge on any atom is 0.193 e. The summed E-state index contributed by atoms with van der Waals surface area (Å²) in [5, 5.41) is 3.42. The molecule has 3 rings (SSSR count). The average molecular weight is 328 g/mol. The molecule has 2 aromatic rings. The molecule has 0 bridgehead atoms. The highest BCUT2D eigenvalue weighted by molar-refractivity contribution is 5.80. The van der Waals surface area contributed by atoms with E-state index in [-0.39, 0.29) is 0 Å². The van der Waals surface area contributed by atoms with E-state index in [1.54, 1.807) is 19.6 Å². The van der Waals surface area contributed by atoms with Crippen molar-refractivity contribution in [2.45, 2.75) is 13.0 Å². The summed E-state index contributed by atoms with van der Waals surface area (Å²) in [5.41, 5.74) is 1.12. The first-order valence-corrected chi connectivity index (χ1v) is 8.18. The fourth-order valence-electron chi connectivity index (χ4n) is 2.98. The predicted octanol–water partition coefficient (Wildman–Crippen LogP) is 1.31. The molecule has 2 aromatic heterocycles. The Balaban J connectivity index is 1.54. The predicted molar refractivity (Wildman–Crippen MR) is 93.1 cm³/mol. The van der Waals surface area contributed by atoms with E-state index >= 15 is 0 Å². The SMILES string of the molecule is CN=C(NCc1ccc(-n2ccnc2)nc1)N1CCC(COC)C1. The van der Waals surface area contributed by atoms with E-state index in [9.17, 15) is 0 Å². The molecule has 0 spiro atoms. The zero-order valence-electron chi connectivity index (χ0n) is 14.2. The Bertz CT molecular complexity index is 652. The molecule has 0 aromatic carbocycles. The standard InChI is InChI=1S/C17H24N6O/c1-18-17(22-7-5-15(11-22)12-24-2)21-10-14-3-4-16(20-9-14)23-8-6-19-13-23/h3-4,6,8-9,13,15H,5,7,10-12H2,1-2H3,(H,18,21). The summed E-state index contributed by atoms with van der Waals surface area (Å²) in [6.07, 6.45) is 8.40. The smallest absolute Gasteiger partial charge is 0.193 e. The Hall–Kier alpha value is -2.41. The highest BCUT2D eigenvalue weighted by Crippen LogP contribution is 2.16. The zero-order chi connectivity index (χ0) is 16.8. The maximum atomic E-state index is 5.26. The van der Waals surface area contributed by atoms with Crippen LogP contribution < -0.4 is 5.32 Å². The van der Waals surface area contributed by atoms with Crippen molar-refractivity contribution in [3.8, 4) is 5.82 Å². The lowest BCUT2D eigenvalue weighted by Crippen LogP contribution is -2.39. The number of nitrogens with zero attached hydrogens (tertiary/aromatic N) is 5. The van der Waals surface area contributed by atoms with Gasteiger partial charge in [0.05, 0.1) is 6.61 Å². The first kappa shape index (κ1) is 16.4. The first-order valence-electron chi connectivity index (χ1n) is 8.18. The summed E-state index contributed by atoms with van der Waals surface area (Å²) in [5.74, 6) is 2.39. The van der Waals surface area contributed by atoms with Crippen LogP contribution in [0.4, 0.5) is 0 Å². The van der Waals surface area contributed by atoms with Crippen LogP contribution in [0.25, 0.3) is 5.82 Å². The van der Waals surface area contributed by atoms with Crippen molar-refractivity contribution >= 4 is 5.96 Å². The maximum absolute atomic E-state index is 5.26. The molecule has 0 saturated carbocycles. The third-order valence-electron chi connectivity index (χ3n) is 4.23. The molecule has 1 fully saturated rings. The quantitative estimate of drug-likeness (QED) is 0.662. The zero-order valence-corrected chi connectivity index (χ0v) is 14.2. The van der Waals surface area contributed by atoms with Gasteiger partial charge in [0.2, 0.25) is 0 Å². The van der Waals surface area contributed by atoms with Gasteiger partial charge in [-0.25, -0.2) is 9.97 Å². The fourth-order valence-corrected chi connectivity index (χ4v) is 2.98. The van der Waals surface area contributed by atoms with E-state index in [2.05, 4.69) is 31.2 Å². The van der Waals surface area contributed by atoms with Gasteiger partial charge in [-0.3, -0.25) is 9.56 Å². The third kappa shape index (κ3) is 3.91. The minimum atomic E-state index is 0.588. The summed E-state index contributed by atoms with van der Waals surface area (Å²) >= 11 is 0. The van der Waals surface area contributed by atoms with Crippen LogP contribution >= 0.6 is 0 Å². The van der Waals surface area contributed by atoms with E-state index in [0.717, 1.165) is 43.5 Å². The van der Waals surface area contributed by atoms with Gasteiger partial charge in [0.25, 0.3) is 0 Å². The lowest BCUT2D eigenvalue weighted by Gasteiger charge is -2.21. The van der Waals surface area contributed by atoms with Crippen LogP contribution in [0.3, 0.4) is 0 Å². The van der Waals surface area contributed by atoms with Gasteiger partial charge < -0.3 is 15.0 Å². The van der Waals surface area contributed by atoms with E-state index in [1.165, 1.54) is 0 Å². The Labute approximate surface area is 142 Å². The number of likely N-dealkylation sites (tertiary alicyclic amines) is 1. The molecule has 0 radical (unpaired) electrons. The van der Waals surface area contributed by atoms with Crippen molar-refractivity contribution in [2.24, 2.45) is 10.9 Å². The van der Waals surface area contributed by atoms with Crippen LogP contribution in [-0.4, -0.2) is 59.2 Å². The number of pyridine rings is 1. The molecule has 128 valence electrons. The fraction of sp³-hybridized carbons (Fsp3) is 0.471. The van der Waals surface area contributed by atoms with Gasteiger partial charge in [-0.15, -0.1) is 0 Å². The van der Waals surface area contributed by atoms with Crippen LogP contribution in [0.2, 0.25) is 0 Å². The molecule has 1 unspecified atom stereocenters. The van der Waals surface area contributed by atoms with Gasteiger partial charge in [-0.05, 0) is 18.1 Å². The summed E-state index contributed by atoms with van der Waals surface area (Å²) in [6.45, 7) is 3.53. The van der Waals surface area contributed by atoms with Gasteiger partial charge in [0, 0.05) is 58.3 Å². The number of hydrogen-bond donors (Lipinski definition) is 1. The van der Waals surface area contributed by atoms with Crippen molar-refractivity contribution < 1.29 is 4.74 Å². The van der Waals surface area contributed by atoms with Crippen LogP contribution in [-0.2, 0) is 11.3 Å². The summed E-state index contributed by atoms with van der Waals surface area (Å²) in [4.78, 5) is 15.2. The number of aliphatic imine (C=N–C) groups is 1. The Morgan fingerprint density at radius 3 is 3.04 bits per heavy atom. The van der Waals surface area contributed by atoms with Crippen molar-refractivity contribution in [3.05, 3.63) is 42.6 Å². The number of nitrogens with one attached hydrogen (secondary N) is 1. The highest BCUT2D eigenvalue weighted by Gasteiger charge is 2.24. The second-order valence-electron chi connectivity index (χ2n) is 5.95. The number of guanidine groups is 1. The molecule has 0 aliphatic carbocycles. The van der Waals surface area contributed by atoms with Crippen molar-refractivity contribution in [2.75, 3.05) is 33.9 Å². The highest BCUT2D eigenvalue weighted by atomic mass is 16.5. The largest absolute Gasteiger partial charge is 0.384 e. The Morgan fingerprint density at radius 1 is 1.46 bits per heavy atom. The average Bonchev–Trinajstić information content (AvgIpc) is 3.29. The van der Waals surface area contributed by atoms with E-state index in [1.807, 2.05) is 30.1 Å². The monoisotopic (exact) mass is 328 g/mol. The molecule has 7 heteroatoms. The first-order chi connectivity index (χ1) is 11.8. The summed E-state index contributed by atoms with van der Waals surface area (Å²) < 4.78 is 7.14. The third-order valence-corrected chi connectivity index (χ3v) is 4.23. The van der Waals surface area contributed by atoms with Crippen LogP contribution in [0.5, 0.6) is 0 Å². The molecule has 1 aliphatic rings. The molecule has 7 nitrogen and oxygen atoms in total. The topological polar surface area (TPSA) is 67.6 Å². The normalized spacial score (nSPS) is 18.2. The number of imidazole rings is 1. The molecule has 24 heavy (non-hydrogen) atoms.